The first kappa shape index (κ1) is 44.2. The number of methoxy groups -OCH3 is 2. The minimum atomic E-state index is -0.438. The number of isocyanates is 3. The number of carbonyl (C=O) groups excluding carboxylic acids is 4. The Morgan fingerprint density at radius 3 is 1.73 bits per heavy atom. The van der Waals surface area contributed by atoms with Crippen molar-refractivity contribution in [2.45, 2.75) is 92.2 Å². The van der Waals surface area contributed by atoms with Gasteiger partial charge in [-0.1, -0.05) is 41.5 Å². The number of nitrogens with zero attached hydrogens (tertiary/aromatic N) is 3. The Bertz CT molecular complexity index is 1020. The van der Waals surface area contributed by atoms with E-state index in [1.165, 1.54) is 0 Å². The van der Waals surface area contributed by atoms with Gasteiger partial charge in [0.1, 0.15) is 6.61 Å². The van der Waals surface area contributed by atoms with Crippen molar-refractivity contribution in [1.29, 1.82) is 1.28 Å². The highest BCUT2D eigenvalue weighted by atomic mass is 127. The van der Waals surface area contributed by atoms with Crippen LogP contribution < -0.4 is 5.32 Å². The van der Waals surface area contributed by atoms with Gasteiger partial charge in [0.2, 0.25) is 18.2 Å². The number of rotatable bonds is 11. The highest BCUT2D eigenvalue weighted by molar-refractivity contribution is 14.3. The van der Waals surface area contributed by atoms with Crippen LogP contribution in [0.1, 0.15) is 80.1 Å². The van der Waals surface area contributed by atoms with E-state index in [0.717, 1.165) is 38.5 Å². The minimum absolute atomic E-state index is 0.00750. The second-order valence-electron chi connectivity index (χ2n) is 13.5. The van der Waals surface area contributed by atoms with Crippen LogP contribution in [-0.2, 0) is 28.6 Å². The molecule has 2 rings (SSSR count). The van der Waals surface area contributed by atoms with Crippen LogP contribution >= 0.6 is 47.9 Å². The summed E-state index contributed by atoms with van der Waals surface area (Å²) in [4.78, 5) is 54.0. The number of alkyl carbamates (subject to hydrolysis) is 1. The molecule has 2 saturated carbocycles. The van der Waals surface area contributed by atoms with Gasteiger partial charge in [-0.05, 0) is 104 Å². The van der Waals surface area contributed by atoms with Crippen molar-refractivity contribution < 1.29 is 38.5 Å². The lowest BCUT2D eigenvalue weighted by Crippen LogP contribution is -2.45. The molecule has 0 spiro atoms. The maximum Gasteiger partial charge on any atom is 0.407 e. The molecule has 15 heteroatoms. The number of aliphatic imine (C=N–C) groups is 3. The monoisotopic (exact) mass is 883 g/mol. The van der Waals surface area contributed by atoms with Crippen molar-refractivity contribution in [3.05, 3.63) is 0 Å². The zero-order valence-corrected chi connectivity index (χ0v) is 33.2. The molecule has 0 saturated heterocycles. The van der Waals surface area contributed by atoms with Gasteiger partial charge in [0.15, 0.2) is 0 Å². The van der Waals surface area contributed by atoms with E-state index in [-0.39, 0.29) is 47.0 Å². The van der Waals surface area contributed by atoms with Gasteiger partial charge in [-0.3, -0.25) is 0 Å². The van der Waals surface area contributed by atoms with Gasteiger partial charge in [0.05, 0.1) is 39.7 Å². The molecule has 12 nitrogen and oxygen atoms in total. The zero-order valence-electron chi connectivity index (χ0n) is 29.0. The van der Waals surface area contributed by atoms with Crippen LogP contribution in [0, 0.1) is 21.7 Å². The number of halogens is 2. The summed E-state index contributed by atoms with van der Waals surface area (Å²) < 4.78 is 20.4. The summed E-state index contributed by atoms with van der Waals surface area (Å²) in [7, 11) is 3.11. The third-order valence-corrected chi connectivity index (χ3v) is 7.32. The average molecular weight is 884 g/mol. The van der Waals surface area contributed by atoms with Crippen molar-refractivity contribution in [2.24, 2.45) is 36.6 Å². The van der Waals surface area contributed by atoms with E-state index < -0.39 is 9.90 Å². The van der Waals surface area contributed by atoms with Gasteiger partial charge in [-0.2, -0.15) is 0 Å². The number of aliphatic hydroxyl groups is 1. The minimum Gasteiger partial charge on any atom is -0.447 e. The van der Waals surface area contributed by atoms with Gasteiger partial charge >= 0.3 is 6.09 Å². The predicted molar refractivity (Wildman–Crippen MR) is 195 cm³/mol. The molecule has 0 radical (unpaired) electrons. The lowest BCUT2D eigenvalue weighted by Gasteiger charge is -2.45. The summed E-state index contributed by atoms with van der Waals surface area (Å²) >= 11 is 4.12. The molecule has 1 amide bonds. The SMILES string of the molecule is CC1(C)CC(N=C=O)CC(C)(CN=C=O)C1.COCCO.COCCOC(=O)NCC1(C)CC(N=C=O)CC(C)(C)C1.[2H]P(I)I. The van der Waals surface area contributed by atoms with Crippen LogP contribution in [0.4, 0.5) is 4.79 Å². The first-order valence-electron chi connectivity index (χ1n) is 15.1. The molecule has 0 aromatic carbocycles. The standard InChI is InChI=1S/C15H26N2O4.C12H18N2O2.C3H8O2.HI2P/c1-14(2)7-12(17-11-18)8-15(3,9-14)10-16-13(19)21-6-5-20-4;1-11(2)4-10(14-9-16)5-12(3,6-11)7-13-8-15;1-5-3-2-4;1-3-2/h12H,5-10H2,1-4H3,(H,16,19);10H,4-7H2,1-3H3;4H,2-3H2,1H3;3H/i;;;3D. The summed E-state index contributed by atoms with van der Waals surface area (Å²) in [5, 5.41) is 10.7. The third-order valence-electron chi connectivity index (χ3n) is 7.32. The molecule has 45 heavy (non-hydrogen) atoms. The third kappa shape index (κ3) is 24.0. The smallest absolute Gasteiger partial charge is 0.407 e. The van der Waals surface area contributed by atoms with E-state index in [9.17, 15) is 19.2 Å². The van der Waals surface area contributed by atoms with Gasteiger partial charge in [0, 0.05) is 24.6 Å². The van der Waals surface area contributed by atoms with Crippen molar-refractivity contribution in [2.75, 3.05) is 53.7 Å². The molecule has 2 aliphatic carbocycles. The molecule has 4 atom stereocenters. The number of carbonyl (C=O) groups is 1. The van der Waals surface area contributed by atoms with Gasteiger partial charge < -0.3 is 24.6 Å². The highest BCUT2D eigenvalue weighted by Gasteiger charge is 2.42. The first-order valence-corrected chi connectivity index (χ1v) is 21.1. The lowest BCUT2D eigenvalue weighted by molar-refractivity contribution is 0.0718. The van der Waals surface area contributed by atoms with E-state index in [1.807, 2.05) is 0 Å². The highest BCUT2D eigenvalue weighted by Crippen LogP contribution is 2.48. The molecule has 260 valence electrons. The van der Waals surface area contributed by atoms with Crippen molar-refractivity contribution in [3.8, 4) is 0 Å². The fraction of sp³-hybridized carbons (Fsp3) is 0.867. The fourth-order valence-electron chi connectivity index (χ4n) is 6.61. The summed E-state index contributed by atoms with van der Waals surface area (Å²) in [6.07, 6.45) is 9.70. The average Bonchev–Trinajstić information content (AvgIpc) is 2.90. The van der Waals surface area contributed by atoms with Crippen molar-refractivity contribution >= 4 is 72.2 Å². The molecule has 0 bridgehead atoms. The summed E-state index contributed by atoms with van der Waals surface area (Å²) in [5.41, 5.74) is 0.0350. The van der Waals surface area contributed by atoms with E-state index in [0.29, 0.717) is 26.3 Å². The number of hydrogen-bond donors (Lipinski definition) is 2. The number of hydrogen-bond acceptors (Lipinski definition) is 11. The molecular formula is C30H53I2N4O8P. The lowest BCUT2D eigenvalue weighted by atomic mass is 9.63. The Morgan fingerprint density at radius 2 is 1.33 bits per heavy atom. The molecule has 4 unspecified atom stereocenters. The topological polar surface area (TPSA) is 165 Å². The van der Waals surface area contributed by atoms with Crippen LogP contribution in [0.3, 0.4) is 0 Å². The predicted octanol–water partition coefficient (Wildman–Crippen LogP) is 6.51. The van der Waals surface area contributed by atoms with Gasteiger partial charge in [-0.15, -0.1) is 0 Å². The largest absolute Gasteiger partial charge is 0.447 e. The Hall–Kier alpha value is -0.820. The Labute approximate surface area is 298 Å². The van der Waals surface area contributed by atoms with Crippen molar-refractivity contribution in [1.82, 2.24) is 5.32 Å². The second-order valence-corrected chi connectivity index (χ2v) is 22.1. The molecule has 0 aliphatic heterocycles. The summed E-state index contributed by atoms with van der Waals surface area (Å²) in [5.74, 6) is 0. The molecular weight excluding hydrogens is 829 g/mol. The zero-order chi connectivity index (χ0) is 35.9. The molecule has 0 aromatic rings. The Balaban J connectivity index is 0. The molecule has 0 aromatic heterocycles. The van der Waals surface area contributed by atoms with E-state index >= 15 is 0 Å². The molecule has 2 N–H and O–H groups in total. The maximum atomic E-state index is 11.6. The normalized spacial score (nSPS) is 26.1. The first-order chi connectivity index (χ1) is 21.4. The Morgan fingerprint density at radius 1 is 0.867 bits per heavy atom. The summed E-state index contributed by atoms with van der Waals surface area (Å²) in [6, 6.07) is -0.0179. The Kier molecular flexibility index (Phi) is 24.8. The van der Waals surface area contributed by atoms with Crippen LogP contribution in [0.2, 0.25) is 0 Å². The fourth-order valence-corrected chi connectivity index (χ4v) is 6.61. The number of nitrogens with one attached hydrogen (secondary N) is 1. The number of amides is 1. The van der Waals surface area contributed by atoms with Crippen LogP contribution in [-0.4, -0.2) is 96.5 Å². The molecule has 0 heterocycles. The van der Waals surface area contributed by atoms with Gasteiger partial charge in [0.25, 0.3) is 0 Å². The van der Waals surface area contributed by atoms with Crippen LogP contribution in [0.25, 0.3) is 0 Å². The maximum absolute atomic E-state index is 11.6. The second kappa shape index (κ2) is 25.2. The molecule has 2 aliphatic rings. The van der Waals surface area contributed by atoms with E-state index in [4.69, 9.17) is 15.9 Å². The van der Waals surface area contributed by atoms with Crippen LogP contribution in [0.5, 0.6) is 0 Å². The van der Waals surface area contributed by atoms with Gasteiger partial charge in [-0.25, -0.2) is 34.2 Å². The summed E-state index contributed by atoms with van der Waals surface area (Å²) in [6.45, 7) is 15.0. The van der Waals surface area contributed by atoms with E-state index in [1.54, 1.807) is 32.5 Å². The quantitative estimate of drug-likeness (QED) is 0.0780. The van der Waals surface area contributed by atoms with E-state index in [2.05, 4.69) is 111 Å². The number of ether oxygens (including phenoxy) is 3. The number of aliphatic hydroxyl groups excluding tert-OH is 1. The molecule has 2 fully saturated rings. The van der Waals surface area contributed by atoms with Crippen LogP contribution in [0.15, 0.2) is 15.0 Å². The van der Waals surface area contributed by atoms with Crippen molar-refractivity contribution in [3.63, 3.8) is 0 Å².